The SMILES string of the molecule is CCCCCNC(CC)C(=O)c1ccc2c(c1)NCCO2. The molecule has 0 radical (unpaired) electrons. The summed E-state index contributed by atoms with van der Waals surface area (Å²) in [4.78, 5) is 12.6. The molecule has 116 valence electrons. The van der Waals surface area contributed by atoms with Crippen molar-refractivity contribution in [3.8, 4) is 5.75 Å². The van der Waals surface area contributed by atoms with E-state index in [1.165, 1.54) is 12.8 Å². The molecule has 1 atom stereocenters. The van der Waals surface area contributed by atoms with Gasteiger partial charge in [0, 0.05) is 12.1 Å². The Balaban J connectivity index is 1.99. The number of ether oxygens (including phenoxy) is 1. The Morgan fingerprint density at radius 1 is 1.38 bits per heavy atom. The number of Topliss-reactive ketones (excluding diaryl/α,β-unsaturated/α-hetero) is 1. The predicted molar refractivity (Wildman–Crippen MR) is 86.4 cm³/mol. The van der Waals surface area contributed by atoms with Crippen molar-refractivity contribution in [2.24, 2.45) is 0 Å². The van der Waals surface area contributed by atoms with Crippen molar-refractivity contribution in [2.75, 3.05) is 25.0 Å². The van der Waals surface area contributed by atoms with Gasteiger partial charge in [0.2, 0.25) is 0 Å². The van der Waals surface area contributed by atoms with Crippen LogP contribution in [0.5, 0.6) is 5.75 Å². The summed E-state index contributed by atoms with van der Waals surface area (Å²) in [7, 11) is 0. The van der Waals surface area contributed by atoms with Crippen molar-refractivity contribution < 1.29 is 9.53 Å². The van der Waals surface area contributed by atoms with E-state index in [-0.39, 0.29) is 11.8 Å². The Morgan fingerprint density at radius 3 is 3.00 bits per heavy atom. The predicted octanol–water partition coefficient (Wildman–Crippen LogP) is 3.23. The molecule has 2 rings (SSSR count). The van der Waals surface area contributed by atoms with Crippen LogP contribution in [-0.2, 0) is 0 Å². The third-order valence-electron chi connectivity index (χ3n) is 3.83. The summed E-state index contributed by atoms with van der Waals surface area (Å²) >= 11 is 0. The molecule has 1 aromatic rings. The molecule has 1 aromatic carbocycles. The summed E-state index contributed by atoms with van der Waals surface area (Å²) in [5, 5.41) is 6.66. The first-order valence-corrected chi connectivity index (χ1v) is 8.04. The molecule has 0 spiro atoms. The van der Waals surface area contributed by atoms with Gasteiger partial charge in [-0.25, -0.2) is 0 Å². The van der Waals surface area contributed by atoms with Gasteiger partial charge in [0.25, 0.3) is 0 Å². The van der Waals surface area contributed by atoms with Gasteiger partial charge in [-0.15, -0.1) is 0 Å². The van der Waals surface area contributed by atoms with Crippen LogP contribution in [0.15, 0.2) is 18.2 Å². The molecule has 0 amide bonds. The number of carbonyl (C=O) groups excluding carboxylic acids is 1. The number of anilines is 1. The van der Waals surface area contributed by atoms with Gasteiger partial charge in [-0.05, 0) is 37.6 Å². The topological polar surface area (TPSA) is 50.4 Å². The third kappa shape index (κ3) is 4.21. The van der Waals surface area contributed by atoms with Crippen LogP contribution in [-0.4, -0.2) is 31.5 Å². The molecule has 0 aliphatic carbocycles. The Kier molecular flexibility index (Phi) is 6.05. The lowest BCUT2D eigenvalue weighted by Gasteiger charge is -2.21. The van der Waals surface area contributed by atoms with E-state index in [4.69, 9.17) is 4.74 Å². The second kappa shape index (κ2) is 8.03. The average molecular weight is 290 g/mol. The first kappa shape index (κ1) is 15.8. The van der Waals surface area contributed by atoms with E-state index in [0.29, 0.717) is 6.61 Å². The summed E-state index contributed by atoms with van der Waals surface area (Å²) in [6.45, 7) is 6.61. The van der Waals surface area contributed by atoms with Crippen LogP contribution < -0.4 is 15.4 Å². The molecule has 0 bridgehead atoms. The zero-order valence-corrected chi connectivity index (χ0v) is 13.1. The highest BCUT2D eigenvalue weighted by molar-refractivity contribution is 6.01. The van der Waals surface area contributed by atoms with Gasteiger partial charge in [-0.1, -0.05) is 26.7 Å². The van der Waals surface area contributed by atoms with E-state index in [1.807, 2.05) is 18.2 Å². The number of rotatable bonds is 8. The van der Waals surface area contributed by atoms with E-state index < -0.39 is 0 Å². The van der Waals surface area contributed by atoms with Crippen molar-refractivity contribution in [2.45, 2.75) is 45.6 Å². The minimum atomic E-state index is -0.0931. The summed E-state index contributed by atoms with van der Waals surface area (Å²) < 4.78 is 5.55. The van der Waals surface area contributed by atoms with E-state index in [2.05, 4.69) is 24.5 Å². The quantitative estimate of drug-likeness (QED) is 0.570. The fourth-order valence-electron chi connectivity index (χ4n) is 2.57. The first-order valence-electron chi connectivity index (χ1n) is 8.04. The highest BCUT2D eigenvalue weighted by Crippen LogP contribution is 2.28. The molecule has 1 heterocycles. The third-order valence-corrected chi connectivity index (χ3v) is 3.83. The molecule has 0 fully saturated rings. The fourth-order valence-corrected chi connectivity index (χ4v) is 2.57. The lowest BCUT2D eigenvalue weighted by atomic mass is 10.0. The normalized spacial score (nSPS) is 14.8. The number of hydrogen-bond donors (Lipinski definition) is 2. The molecule has 0 saturated heterocycles. The molecule has 4 heteroatoms. The van der Waals surface area contributed by atoms with Gasteiger partial charge in [0.05, 0.1) is 11.7 Å². The van der Waals surface area contributed by atoms with Crippen molar-refractivity contribution in [3.63, 3.8) is 0 Å². The van der Waals surface area contributed by atoms with E-state index >= 15 is 0 Å². The number of carbonyl (C=O) groups is 1. The molecule has 4 nitrogen and oxygen atoms in total. The molecule has 1 aliphatic heterocycles. The van der Waals surface area contributed by atoms with Gasteiger partial charge >= 0.3 is 0 Å². The molecule has 2 N–H and O–H groups in total. The number of hydrogen-bond acceptors (Lipinski definition) is 4. The van der Waals surface area contributed by atoms with Gasteiger partial charge in [0.15, 0.2) is 5.78 Å². The summed E-state index contributed by atoms with van der Waals surface area (Å²) in [6, 6.07) is 5.57. The first-order chi connectivity index (χ1) is 10.3. The monoisotopic (exact) mass is 290 g/mol. The van der Waals surface area contributed by atoms with E-state index in [0.717, 1.165) is 42.9 Å². The van der Waals surface area contributed by atoms with Crippen molar-refractivity contribution in [1.82, 2.24) is 5.32 Å². The summed E-state index contributed by atoms with van der Waals surface area (Å²) in [6.07, 6.45) is 4.34. The van der Waals surface area contributed by atoms with Crippen molar-refractivity contribution in [3.05, 3.63) is 23.8 Å². The molecule has 1 unspecified atom stereocenters. The Bertz CT molecular complexity index is 474. The summed E-state index contributed by atoms with van der Waals surface area (Å²) in [5.74, 6) is 1.01. The fraction of sp³-hybridized carbons (Fsp3) is 0.588. The molecule has 0 aromatic heterocycles. The van der Waals surface area contributed by atoms with Crippen LogP contribution in [0.1, 0.15) is 49.9 Å². The zero-order chi connectivity index (χ0) is 15.1. The average Bonchev–Trinajstić information content (AvgIpc) is 2.54. The number of ketones is 1. The lowest BCUT2D eigenvalue weighted by Crippen LogP contribution is -2.37. The Labute approximate surface area is 127 Å². The highest BCUT2D eigenvalue weighted by Gasteiger charge is 2.19. The molecule has 1 aliphatic rings. The highest BCUT2D eigenvalue weighted by atomic mass is 16.5. The van der Waals surface area contributed by atoms with Crippen LogP contribution in [0.4, 0.5) is 5.69 Å². The number of fused-ring (bicyclic) bond motifs is 1. The van der Waals surface area contributed by atoms with Gasteiger partial charge in [-0.3, -0.25) is 4.79 Å². The molecule has 0 saturated carbocycles. The van der Waals surface area contributed by atoms with Crippen molar-refractivity contribution in [1.29, 1.82) is 0 Å². The molecule has 21 heavy (non-hydrogen) atoms. The number of unbranched alkanes of at least 4 members (excludes halogenated alkanes) is 2. The number of benzene rings is 1. The molecular weight excluding hydrogens is 264 g/mol. The maximum absolute atomic E-state index is 12.6. The molecular formula is C17H26N2O2. The van der Waals surface area contributed by atoms with Gasteiger partial charge < -0.3 is 15.4 Å². The van der Waals surface area contributed by atoms with Crippen LogP contribution in [0, 0.1) is 0 Å². The maximum Gasteiger partial charge on any atom is 0.179 e. The standard InChI is InChI=1S/C17H26N2O2/c1-3-5-6-9-18-14(4-2)17(20)13-7-8-16-15(12-13)19-10-11-21-16/h7-8,12,14,18-19H,3-6,9-11H2,1-2H3. The Morgan fingerprint density at radius 2 is 2.24 bits per heavy atom. The lowest BCUT2D eigenvalue weighted by molar-refractivity contribution is 0.0940. The van der Waals surface area contributed by atoms with Gasteiger partial charge in [-0.2, -0.15) is 0 Å². The zero-order valence-electron chi connectivity index (χ0n) is 13.1. The number of nitrogens with one attached hydrogen (secondary N) is 2. The van der Waals surface area contributed by atoms with E-state index in [1.54, 1.807) is 0 Å². The minimum absolute atomic E-state index is 0.0931. The smallest absolute Gasteiger partial charge is 0.179 e. The van der Waals surface area contributed by atoms with Crippen LogP contribution in [0.3, 0.4) is 0 Å². The Hall–Kier alpha value is -1.55. The maximum atomic E-state index is 12.6. The second-order valence-electron chi connectivity index (χ2n) is 5.47. The largest absolute Gasteiger partial charge is 0.490 e. The summed E-state index contributed by atoms with van der Waals surface area (Å²) in [5.41, 5.74) is 1.68. The van der Waals surface area contributed by atoms with Crippen LogP contribution >= 0.6 is 0 Å². The van der Waals surface area contributed by atoms with Crippen molar-refractivity contribution >= 4 is 11.5 Å². The van der Waals surface area contributed by atoms with Crippen LogP contribution in [0.25, 0.3) is 0 Å². The van der Waals surface area contributed by atoms with Crippen LogP contribution in [0.2, 0.25) is 0 Å². The second-order valence-corrected chi connectivity index (χ2v) is 5.47. The van der Waals surface area contributed by atoms with E-state index in [9.17, 15) is 4.79 Å². The van der Waals surface area contributed by atoms with Gasteiger partial charge in [0.1, 0.15) is 12.4 Å². The minimum Gasteiger partial charge on any atom is -0.490 e.